The summed E-state index contributed by atoms with van der Waals surface area (Å²) in [6.45, 7) is 1.84. The molecule has 8 heteroatoms. The van der Waals surface area contributed by atoms with E-state index in [1.165, 1.54) is 30.0 Å². The van der Waals surface area contributed by atoms with E-state index in [-0.39, 0.29) is 24.8 Å². The zero-order valence-corrected chi connectivity index (χ0v) is 19.2. The van der Waals surface area contributed by atoms with Crippen molar-refractivity contribution in [3.05, 3.63) is 101 Å². The molecule has 35 heavy (non-hydrogen) atoms. The molecule has 1 amide bonds. The maximum absolute atomic E-state index is 14.2. The van der Waals surface area contributed by atoms with Gasteiger partial charge in [0, 0.05) is 29.0 Å². The SMILES string of the molecule is COc1cccc([C@H]2CC(=O)Nc3c2c(C)nn3-c2cccc(F)c2)c1OCc1ccccc1F. The number of fused-ring (bicyclic) bond motifs is 1. The Bertz CT molecular complexity index is 1420. The van der Waals surface area contributed by atoms with Gasteiger partial charge in [0.15, 0.2) is 11.5 Å². The number of aromatic nitrogens is 2. The molecule has 1 aromatic heterocycles. The van der Waals surface area contributed by atoms with Crippen LogP contribution in [0.15, 0.2) is 66.7 Å². The van der Waals surface area contributed by atoms with Crippen LogP contribution in [0.3, 0.4) is 0 Å². The van der Waals surface area contributed by atoms with Gasteiger partial charge >= 0.3 is 0 Å². The molecule has 178 valence electrons. The van der Waals surface area contributed by atoms with Gasteiger partial charge in [-0.1, -0.05) is 36.4 Å². The number of anilines is 1. The standard InChI is InChI=1S/C27H23F2N3O3/c1-16-25-21(14-24(33)30-27(25)32(31-16)19-9-5-8-18(28)13-19)20-10-6-12-23(34-2)26(20)35-15-17-7-3-4-11-22(17)29/h3-13,21H,14-15H2,1-2H3,(H,30,33)/t21-/m1/s1. The van der Waals surface area contributed by atoms with Crippen LogP contribution in [0, 0.1) is 18.6 Å². The van der Waals surface area contributed by atoms with Crippen molar-refractivity contribution < 1.29 is 23.0 Å². The molecule has 6 nitrogen and oxygen atoms in total. The van der Waals surface area contributed by atoms with Gasteiger partial charge in [0.2, 0.25) is 5.91 Å². The van der Waals surface area contributed by atoms with Crippen LogP contribution in [0.25, 0.3) is 5.69 Å². The maximum Gasteiger partial charge on any atom is 0.226 e. The van der Waals surface area contributed by atoms with E-state index in [0.29, 0.717) is 34.3 Å². The quantitative estimate of drug-likeness (QED) is 0.399. The third-order valence-electron chi connectivity index (χ3n) is 6.09. The highest BCUT2D eigenvalue weighted by Gasteiger charge is 2.35. The molecule has 0 unspecified atom stereocenters. The Hall–Kier alpha value is -4.20. The van der Waals surface area contributed by atoms with E-state index in [4.69, 9.17) is 9.47 Å². The first kappa shape index (κ1) is 22.6. The molecule has 0 aliphatic carbocycles. The number of nitrogens with one attached hydrogen (secondary N) is 1. The number of methoxy groups -OCH3 is 1. The summed E-state index contributed by atoms with van der Waals surface area (Å²) >= 11 is 0. The van der Waals surface area contributed by atoms with Crippen molar-refractivity contribution >= 4 is 11.7 Å². The molecule has 0 bridgehead atoms. The van der Waals surface area contributed by atoms with Crippen LogP contribution in [0.1, 0.15) is 34.7 Å². The molecular formula is C27H23F2N3O3. The monoisotopic (exact) mass is 475 g/mol. The van der Waals surface area contributed by atoms with E-state index in [9.17, 15) is 13.6 Å². The van der Waals surface area contributed by atoms with Gasteiger partial charge in [-0.05, 0) is 37.3 Å². The fraction of sp³-hybridized carbons (Fsp3) is 0.185. The lowest BCUT2D eigenvalue weighted by atomic mass is 9.85. The Morgan fingerprint density at radius 3 is 2.66 bits per heavy atom. The van der Waals surface area contributed by atoms with Gasteiger partial charge in [-0.2, -0.15) is 5.10 Å². The molecule has 0 saturated carbocycles. The van der Waals surface area contributed by atoms with Crippen molar-refractivity contribution in [2.24, 2.45) is 0 Å². The zero-order chi connectivity index (χ0) is 24.5. The van der Waals surface area contributed by atoms with Gasteiger partial charge in [-0.3, -0.25) is 4.79 Å². The van der Waals surface area contributed by atoms with Crippen molar-refractivity contribution in [2.75, 3.05) is 12.4 Å². The molecule has 1 N–H and O–H groups in total. The number of carbonyl (C=O) groups is 1. The van der Waals surface area contributed by atoms with Gasteiger partial charge in [0.05, 0.1) is 18.5 Å². The van der Waals surface area contributed by atoms with Crippen LogP contribution >= 0.6 is 0 Å². The Labute approximate surface area is 201 Å². The summed E-state index contributed by atoms with van der Waals surface area (Å²) in [7, 11) is 1.53. The van der Waals surface area contributed by atoms with E-state index in [1.807, 2.05) is 19.1 Å². The number of hydrogen-bond donors (Lipinski definition) is 1. The molecule has 2 heterocycles. The van der Waals surface area contributed by atoms with Crippen molar-refractivity contribution in [3.63, 3.8) is 0 Å². The Kier molecular flexibility index (Phi) is 5.94. The number of nitrogens with zero attached hydrogens (tertiary/aromatic N) is 2. The lowest BCUT2D eigenvalue weighted by Crippen LogP contribution is -2.25. The van der Waals surface area contributed by atoms with E-state index in [2.05, 4.69) is 10.4 Å². The highest BCUT2D eigenvalue weighted by Crippen LogP contribution is 2.46. The van der Waals surface area contributed by atoms with Gasteiger partial charge < -0.3 is 14.8 Å². The zero-order valence-electron chi connectivity index (χ0n) is 19.2. The van der Waals surface area contributed by atoms with Crippen LogP contribution in [-0.2, 0) is 11.4 Å². The molecule has 1 atom stereocenters. The molecule has 0 spiro atoms. The third-order valence-corrected chi connectivity index (χ3v) is 6.09. The Balaban J connectivity index is 1.60. The summed E-state index contributed by atoms with van der Waals surface area (Å²) in [6, 6.07) is 17.9. The molecule has 0 saturated heterocycles. The van der Waals surface area contributed by atoms with Gasteiger partial charge in [0.25, 0.3) is 0 Å². The van der Waals surface area contributed by atoms with E-state index in [1.54, 1.807) is 36.4 Å². The number of amides is 1. The summed E-state index contributed by atoms with van der Waals surface area (Å²) in [4.78, 5) is 12.8. The third kappa shape index (κ3) is 4.23. The number of halogens is 2. The fourth-order valence-electron chi connectivity index (χ4n) is 4.50. The second-order valence-corrected chi connectivity index (χ2v) is 8.30. The molecule has 0 radical (unpaired) electrons. The van der Waals surface area contributed by atoms with Crippen LogP contribution in [-0.4, -0.2) is 22.8 Å². The number of aryl methyl sites for hydroxylation is 1. The summed E-state index contributed by atoms with van der Waals surface area (Å²) < 4.78 is 41.3. The number of rotatable bonds is 6. The average Bonchev–Trinajstić information content (AvgIpc) is 3.19. The van der Waals surface area contributed by atoms with Crippen molar-refractivity contribution in [1.82, 2.24) is 9.78 Å². The molecule has 1 aliphatic heterocycles. The number of carbonyl (C=O) groups excluding carboxylic acids is 1. The summed E-state index contributed by atoms with van der Waals surface area (Å²) in [5.41, 5.74) is 3.12. The number of benzene rings is 3. The lowest BCUT2D eigenvalue weighted by Gasteiger charge is -2.26. The topological polar surface area (TPSA) is 65.4 Å². The second-order valence-electron chi connectivity index (χ2n) is 8.30. The van der Waals surface area contributed by atoms with Crippen LogP contribution in [0.5, 0.6) is 11.5 Å². The molecular weight excluding hydrogens is 452 g/mol. The number of para-hydroxylation sites is 1. The van der Waals surface area contributed by atoms with Crippen molar-refractivity contribution in [2.45, 2.75) is 25.9 Å². The average molecular weight is 475 g/mol. The minimum atomic E-state index is -0.403. The Morgan fingerprint density at radius 2 is 1.89 bits per heavy atom. The predicted octanol–water partition coefficient (Wildman–Crippen LogP) is 5.52. The minimum Gasteiger partial charge on any atom is -0.493 e. The summed E-state index contributed by atoms with van der Waals surface area (Å²) in [6.07, 6.45) is 0.159. The van der Waals surface area contributed by atoms with E-state index < -0.39 is 11.7 Å². The first-order chi connectivity index (χ1) is 17.0. The molecule has 4 aromatic rings. The van der Waals surface area contributed by atoms with E-state index in [0.717, 1.165) is 11.1 Å². The largest absolute Gasteiger partial charge is 0.493 e. The first-order valence-electron chi connectivity index (χ1n) is 11.1. The highest BCUT2D eigenvalue weighted by molar-refractivity contribution is 5.95. The minimum absolute atomic E-state index is 0.00659. The second kappa shape index (κ2) is 9.21. The maximum atomic E-state index is 14.2. The molecule has 3 aromatic carbocycles. The van der Waals surface area contributed by atoms with Crippen molar-refractivity contribution in [1.29, 1.82) is 0 Å². The predicted molar refractivity (Wildman–Crippen MR) is 127 cm³/mol. The first-order valence-corrected chi connectivity index (χ1v) is 11.1. The highest BCUT2D eigenvalue weighted by atomic mass is 19.1. The normalized spacial score (nSPS) is 14.9. The summed E-state index contributed by atoms with van der Waals surface area (Å²) in [5, 5.41) is 7.50. The van der Waals surface area contributed by atoms with Crippen LogP contribution < -0.4 is 14.8 Å². The van der Waals surface area contributed by atoms with E-state index >= 15 is 0 Å². The molecule has 0 fully saturated rings. The Morgan fingerprint density at radius 1 is 1.09 bits per heavy atom. The van der Waals surface area contributed by atoms with Gasteiger partial charge in [0.1, 0.15) is 24.1 Å². The number of ether oxygens (including phenoxy) is 2. The van der Waals surface area contributed by atoms with Crippen molar-refractivity contribution in [3.8, 4) is 17.2 Å². The number of hydrogen-bond acceptors (Lipinski definition) is 4. The van der Waals surface area contributed by atoms with Gasteiger partial charge in [-0.15, -0.1) is 0 Å². The lowest BCUT2D eigenvalue weighted by molar-refractivity contribution is -0.116. The fourth-order valence-corrected chi connectivity index (χ4v) is 4.50. The van der Waals surface area contributed by atoms with Crippen LogP contribution in [0.4, 0.5) is 14.6 Å². The molecule has 1 aliphatic rings. The smallest absolute Gasteiger partial charge is 0.226 e. The molecule has 5 rings (SSSR count). The van der Waals surface area contributed by atoms with Gasteiger partial charge in [-0.25, -0.2) is 13.5 Å². The summed E-state index contributed by atoms with van der Waals surface area (Å²) in [5.74, 6) is 0.0190. The van der Waals surface area contributed by atoms with Crippen LogP contribution in [0.2, 0.25) is 0 Å².